The summed E-state index contributed by atoms with van der Waals surface area (Å²) in [4.78, 5) is 17.5. The molecule has 0 saturated carbocycles. The molecule has 0 bridgehead atoms. The van der Waals surface area contributed by atoms with Gasteiger partial charge in [0.2, 0.25) is 0 Å². The Kier molecular flexibility index (Phi) is 4.68. The number of aromatic nitrogens is 2. The predicted octanol–water partition coefficient (Wildman–Crippen LogP) is 4.14. The zero-order valence-corrected chi connectivity index (χ0v) is 14.4. The van der Waals surface area contributed by atoms with Crippen molar-refractivity contribution in [2.45, 2.75) is 30.8 Å². The molecule has 0 fully saturated rings. The number of benzene rings is 2. The number of nitriles is 1. The van der Waals surface area contributed by atoms with E-state index in [1.54, 1.807) is 10.6 Å². The van der Waals surface area contributed by atoms with E-state index in [1.165, 1.54) is 11.8 Å². The van der Waals surface area contributed by atoms with E-state index in [9.17, 15) is 10.1 Å². The van der Waals surface area contributed by atoms with Crippen molar-refractivity contribution in [1.82, 2.24) is 9.55 Å². The zero-order chi connectivity index (χ0) is 17.1. The lowest BCUT2D eigenvalue weighted by molar-refractivity contribution is 0.519. The van der Waals surface area contributed by atoms with Gasteiger partial charge in [0.1, 0.15) is 0 Å². The molecule has 0 radical (unpaired) electrons. The lowest BCUT2D eigenvalue weighted by Gasteiger charge is -2.16. The molecule has 1 heterocycles. The van der Waals surface area contributed by atoms with Gasteiger partial charge in [-0.3, -0.25) is 9.36 Å². The maximum atomic E-state index is 12.8. The van der Waals surface area contributed by atoms with Gasteiger partial charge >= 0.3 is 0 Å². The molecular weight excluding hydrogens is 318 g/mol. The lowest BCUT2D eigenvalue weighted by Crippen LogP contribution is -2.25. The normalized spacial score (nSPS) is 10.9. The van der Waals surface area contributed by atoms with Crippen molar-refractivity contribution in [3.8, 4) is 6.07 Å². The van der Waals surface area contributed by atoms with Gasteiger partial charge in [0.25, 0.3) is 5.56 Å². The molecule has 0 aliphatic heterocycles. The highest BCUT2D eigenvalue weighted by atomic mass is 32.2. The van der Waals surface area contributed by atoms with E-state index in [1.807, 2.05) is 56.3 Å². The molecule has 5 heteroatoms. The Labute approximate surface area is 144 Å². The van der Waals surface area contributed by atoms with Crippen LogP contribution in [0.1, 0.15) is 31.0 Å². The maximum Gasteiger partial charge on any atom is 0.262 e. The standard InChI is InChI=1S/C19H17N3OS/c1-13(2)22-18(23)16-9-5-6-10-17(16)21-19(22)24-12-15-8-4-3-7-14(15)11-20/h3-10,13H,12H2,1-2H3. The van der Waals surface area contributed by atoms with Crippen molar-refractivity contribution < 1.29 is 0 Å². The van der Waals surface area contributed by atoms with Gasteiger partial charge in [-0.15, -0.1) is 0 Å². The van der Waals surface area contributed by atoms with Crippen molar-refractivity contribution in [3.05, 3.63) is 70.0 Å². The molecule has 0 amide bonds. The summed E-state index contributed by atoms with van der Waals surface area (Å²) in [6.45, 7) is 3.95. The first-order valence-electron chi connectivity index (χ1n) is 7.74. The van der Waals surface area contributed by atoms with Crippen LogP contribution in [-0.4, -0.2) is 9.55 Å². The van der Waals surface area contributed by atoms with Gasteiger partial charge in [-0.05, 0) is 37.6 Å². The SMILES string of the molecule is CC(C)n1c(SCc2ccccc2C#N)nc2ccccc2c1=O. The fourth-order valence-electron chi connectivity index (χ4n) is 2.58. The van der Waals surface area contributed by atoms with Crippen LogP contribution in [0.5, 0.6) is 0 Å². The van der Waals surface area contributed by atoms with Gasteiger partial charge in [-0.2, -0.15) is 5.26 Å². The quantitative estimate of drug-likeness (QED) is 0.531. The molecule has 0 aliphatic carbocycles. The molecule has 120 valence electrons. The Morgan fingerprint density at radius 2 is 1.88 bits per heavy atom. The molecule has 2 aromatic carbocycles. The van der Waals surface area contributed by atoms with Crippen molar-refractivity contribution in [2.24, 2.45) is 0 Å². The zero-order valence-electron chi connectivity index (χ0n) is 13.6. The first-order valence-corrected chi connectivity index (χ1v) is 8.72. The van der Waals surface area contributed by atoms with E-state index in [4.69, 9.17) is 0 Å². The largest absolute Gasteiger partial charge is 0.285 e. The molecule has 0 atom stereocenters. The van der Waals surface area contributed by atoms with Crippen LogP contribution in [0.2, 0.25) is 0 Å². The Morgan fingerprint density at radius 1 is 1.17 bits per heavy atom. The van der Waals surface area contributed by atoms with Crippen LogP contribution in [0.3, 0.4) is 0 Å². The highest BCUT2D eigenvalue weighted by Crippen LogP contribution is 2.25. The molecule has 24 heavy (non-hydrogen) atoms. The van der Waals surface area contributed by atoms with Crippen LogP contribution in [0, 0.1) is 11.3 Å². The summed E-state index contributed by atoms with van der Waals surface area (Å²) in [6, 6.07) is 17.1. The van der Waals surface area contributed by atoms with Crippen LogP contribution >= 0.6 is 11.8 Å². The molecule has 0 aliphatic rings. The molecule has 3 aromatic rings. The van der Waals surface area contributed by atoms with Crippen molar-refractivity contribution in [1.29, 1.82) is 5.26 Å². The average molecular weight is 335 g/mol. The Morgan fingerprint density at radius 3 is 2.62 bits per heavy atom. The van der Waals surface area contributed by atoms with E-state index in [-0.39, 0.29) is 11.6 Å². The summed E-state index contributed by atoms with van der Waals surface area (Å²) >= 11 is 1.49. The van der Waals surface area contributed by atoms with Gasteiger partial charge in [-0.25, -0.2) is 4.98 Å². The molecule has 0 unspecified atom stereocenters. The topological polar surface area (TPSA) is 58.7 Å². The van der Waals surface area contributed by atoms with E-state index in [0.717, 1.165) is 5.56 Å². The summed E-state index contributed by atoms with van der Waals surface area (Å²) in [5.74, 6) is 0.598. The minimum atomic E-state index is -0.0216. The molecular formula is C19H17N3OS. The number of hydrogen-bond acceptors (Lipinski definition) is 4. The second kappa shape index (κ2) is 6.90. The van der Waals surface area contributed by atoms with Crippen molar-refractivity contribution in [3.63, 3.8) is 0 Å². The van der Waals surface area contributed by atoms with E-state index < -0.39 is 0 Å². The van der Waals surface area contributed by atoms with Crippen LogP contribution in [-0.2, 0) is 5.75 Å². The van der Waals surface area contributed by atoms with Crippen LogP contribution in [0.4, 0.5) is 0 Å². The number of nitrogens with zero attached hydrogens (tertiary/aromatic N) is 3. The number of para-hydroxylation sites is 1. The van der Waals surface area contributed by atoms with Crippen molar-refractivity contribution in [2.75, 3.05) is 0 Å². The third kappa shape index (κ3) is 3.06. The van der Waals surface area contributed by atoms with Gasteiger partial charge in [0, 0.05) is 11.8 Å². The molecule has 0 N–H and O–H groups in total. The lowest BCUT2D eigenvalue weighted by atomic mass is 10.1. The number of rotatable bonds is 4. The molecule has 4 nitrogen and oxygen atoms in total. The summed E-state index contributed by atoms with van der Waals surface area (Å²) < 4.78 is 1.72. The summed E-state index contributed by atoms with van der Waals surface area (Å²) in [5, 5.41) is 10.5. The summed E-state index contributed by atoms with van der Waals surface area (Å²) in [7, 11) is 0. The monoisotopic (exact) mass is 335 g/mol. The molecule has 3 rings (SSSR count). The second-order valence-corrected chi connectivity index (χ2v) is 6.68. The first kappa shape index (κ1) is 16.3. The highest BCUT2D eigenvalue weighted by molar-refractivity contribution is 7.98. The van der Waals surface area contributed by atoms with Crippen molar-refractivity contribution >= 4 is 22.7 Å². The Balaban J connectivity index is 2.04. The van der Waals surface area contributed by atoms with Gasteiger partial charge < -0.3 is 0 Å². The number of fused-ring (bicyclic) bond motifs is 1. The average Bonchev–Trinajstić information content (AvgIpc) is 2.60. The van der Waals surface area contributed by atoms with Gasteiger partial charge in [0.05, 0.1) is 22.5 Å². The minimum absolute atomic E-state index is 0.0170. The molecule has 0 spiro atoms. The fraction of sp³-hybridized carbons (Fsp3) is 0.211. The minimum Gasteiger partial charge on any atom is -0.285 e. The fourth-order valence-corrected chi connectivity index (χ4v) is 3.71. The second-order valence-electron chi connectivity index (χ2n) is 5.74. The smallest absolute Gasteiger partial charge is 0.262 e. The van der Waals surface area contributed by atoms with Gasteiger partial charge in [0.15, 0.2) is 5.16 Å². The van der Waals surface area contributed by atoms with E-state index in [2.05, 4.69) is 11.1 Å². The molecule has 0 saturated heterocycles. The van der Waals surface area contributed by atoms with E-state index in [0.29, 0.717) is 27.4 Å². The third-order valence-electron chi connectivity index (χ3n) is 3.79. The highest BCUT2D eigenvalue weighted by Gasteiger charge is 2.14. The van der Waals surface area contributed by atoms with Crippen LogP contribution in [0.25, 0.3) is 10.9 Å². The van der Waals surface area contributed by atoms with Crippen LogP contribution < -0.4 is 5.56 Å². The first-order chi connectivity index (χ1) is 11.6. The number of hydrogen-bond donors (Lipinski definition) is 0. The summed E-state index contributed by atoms with van der Waals surface area (Å²) in [5.41, 5.74) is 2.29. The summed E-state index contributed by atoms with van der Waals surface area (Å²) in [6.07, 6.45) is 0. The van der Waals surface area contributed by atoms with Crippen LogP contribution in [0.15, 0.2) is 58.5 Å². The van der Waals surface area contributed by atoms with E-state index >= 15 is 0 Å². The predicted molar refractivity (Wildman–Crippen MR) is 97.1 cm³/mol. The third-order valence-corrected chi connectivity index (χ3v) is 4.79. The molecule has 1 aromatic heterocycles. The Bertz CT molecular complexity index is 986. The number of thioether (sulfide) groups is 1. The maximum absolute atomic E-state index is 12.8. The van der Waals surface area contributed by atoms with Gasteiger partial charge in [-0.1, -0.05) is 42.1 Å². The Hall–Kier alpha value is -2.58.